The van der Waals surface area contributed by atoms with Crippen LogP contribution in [0.5, 0.6) is 0 Å². The fraction of sp³-hybridized carbons (Fsp3) is 0. The van der Waals surface area contributed by atoms with Gasteiger partial charge in [0.05, 0.1) is 5.69 Å². The number of hydrogen-bond acceptors (Lipinski definition) is 3. The van der Waals surface area contributed by atoms with Gasteiger partial charge in [0.2, 0.25) is 0 Å². The molecule has 0 unspecified atom stereocenters. The molecule has 2 aromatic heterocycles. The quantitative estimate of drug-likeness (QED) is 0.264. The Hall–Kier alpha value is -3.43. The van der Waals surface area contributed by atoms with E-state index in [1.807, 2.05) is 72.8 Å². The Morgan fingerprint density at radius 2 is 1.46 bits per heavy atom. The molecule has 2 heterocycles. The van der Waals surface area contributed by atoms with Crippen LogP contribution >= 0.6 is 11.6 Å². The summed E-state index contributed by atoms with van der Waals surface area (Å²) in [4.78, 5) is 17.4. The van der Waals surface area contributed by atoms with E-state index in [-0.39, 0.29) is 0 Å². The van der Waals surface area contributed by atoms with Crippen LogP contribution in [0, 0.1) is 0 Å². The Bertz CT molecular complexity index is 1380. The standard InChI is InChI=1S/C24H14ClNO2/c25-17-11-12-21-19(13-17)22-18(15-7-3-1-4-8-15)14-20(16-9-5-2-6-10-16)26-23(22)24(27)28-21/h1-14H. The highest BCUT2D eigenvalue weighted by Crippen LogP contribution is 2.35. The molecule has 0 spiro atoms. The van der Waals surface area contributed by atoms with Gasteiger partial charge in [0, 0.05) is 21.4 Å². The molecule has 28 heavy (non-hydrogen) atoms. The molecule has 0 aliphatic carbocycles. The topological polar surface area (TPSA) is 43.1 Å². The van der Waals surface area contributed by atoms with Gasteiger partial charge in [-0.25, -0.2) is 9.78 Å². The van der Waals surface area contributed by atoms with Crippen molar-refractivity contribution in [2.24, 2.45) is 0 Å². The smallest absolute Gasteiger partial charge is 0.363 e. The summed E-state index contributed by atoms with van der Waals surface area (Å²) in [6.45, 7) is 0. The third kappa shape index (κ3) is 2.77. The summed E-state index contributed by atoms with van der Waals surface area (Å²) in [5.74, 6) is 0. The highest BCUT2D eigenvalue weighted by atomic mass is 35.5. The van der Waals surface area contributed by atoms with Crippen LogP contribution < -0.4 is 5.63 Å². The average molecular weight is 384 g/mol. The molecule has 0 amide bonds. The van der Waals surface area contributed by atoms with Gasteiger partial charge < -0.3 is 4.42 Å². The normalized spacial score (nSPS) is 11.2. The number of rotatable bonds is 2. The minimum atomic E-state index is -0.459. The second kappa shape index (κ2) is 6.63. The van der Waals surface area contributed by atoms with Crippen LogP contribution in [0.4, 0.5) is 0 Å². The first-order valence-electron chi connectivity index (χ1n) is 8.89. The van der Waals surface area contributed by atoms with Crippen molar-refractivity contribution in [2.45, 2.75) is 0 Å². The highest BCUT2D eigenvalue weighted by Gasteiger charge is 2.16. The molecule has 0 fully saturated rings. The molecule has 0 aliphatic heterocycles. The molecule has 3 aromatic carbocycles. The zero-order valence-electron chi connectivity index (χ0n) is 14.7. The monoisotopic (exact) mass is 383 g/mol. The summed E-state index contributed by atoms with van der Waals surface area (Å²) < 4.78 is 5.53. The molecule has 3 nitrogen and oxygen atoms in total. The largest absolute Gasteiger partial charge is 0.421 e. The van der Waals surface area contributed by atoms with Gasteiger partial charge in [0.15, 0.2) is 5.52 Å². The van der Waals surface area contributed by atoms with Crippen LogP contribution in [-0.4, -0.2) is 4.98 Å². The maximum absolute atomic E-state index is 12.8. The molecular formula is C24H14ClNO2. The summed E-state index contributed by atoms with van der Waals surface area (Å²) >= 11 is 6.24. The third-order valence-corrected chi connectivity index (χ3v) is 5.02. The lowest BCUT2D eigenvalue weighted by atomic mass is 9.97. The molecule has 0 saturated heterocycles. The Labute approximate surface area is 165 Å². The predicted octanol–water partition coefficient (Wildman–Crippen LogP) is 6.33. The van der Waals surface area contributed by atoms with E-state index in [0.29, 0.717) is 16.1 Å². The van der Waals surface area contributed by atoms with E-state index >= 15 is 0 Å². The van der Waals surface area contributed by atoms with Crippen molar-refractivity contribution in [1.29, 1.82) is 0 Å². The SMILES string of the molecule is O=c1oc2ccc(Cl)cc2c2c(-c3ccccc3)cc(-c3ccccc3)nc12. The lowest BCUT2D eigenvalue weighted by Gasteiger charge is -2.12. The van der Waals surface area contributed by atoms with Gasteiger partial charge in [-0.05, 0) is 35.4 Å². The fourth-order valence-corrected chi connectivity index (χ4v) is 3.67. The van der Waals surface area contributed by atoms with Crippen LogP contribution in [0.2, 0.25) is 5.02 Å². The van der Waals surface area contributed by atoms with E-state index in [1.54, 1.807) is 12.1 Å². The first-order chi connectivity index (χ1) is 13.7. The van der Waals surface area contributed by atoms with E-state index in [1.165, 1.54) is 0 Å². The number of hydrogen-bond donors (Lipinski definition) is 0. The van der Waals surface area contributed by atoms with E-state index in [2.05, 4.69) is 4.98 Å². The van der Waals surface area contributed by atoms with E-state index in [4.69, 9.17) is 16.0 Å². The molecule has 0 atom stereocenters. The van der Waals surface area contributed by atoms with Crippen molar-refractivity contribution in [2.75, 3.05) is 0 Å². The van der Waals surface area contributed by atoms with E-state index < -0.39 is 5.63 Å². The molecular weight excluding hydrogens is 370 g/mol. The second-order valence-corrected chi connectivity index (χ2v) is 6.98. The first-order valence-corrected chi connectivity index (χ1v) is 9.26. The number of benzene rings is 3. The minimum Gasteiger partial charge on any atom is -0.421 e. The van der Waals surface area contributed by atoms with Gasteiger partial charge >= 0.3 is 5.63 Å². The molecule has 5 rings (SSSR count). The fourth-order valence-electron chi connectivity index (χ4n) is 3.50. The number of fused-ring (bicyclic) bond motifs is 3. The van der Waals surface area contributed by atoms with Gasteiger partial charge in [0.25, 0.3) is 0 Å². The second-order valence-electron chi connectivity index (χ2n) is 6.54. The number of nitrogens with zero attached hydrogens (tertiary/aromatic N) is 1. The Morgan fingerprint density at radius 1 is 0.786 bits per heavy atom. The van der Waals surface area contributed by atoms with Gasteiger partial charge in [-0.3, -0.25) is 0 Å². The van der Waals surface area contributed by atoms with Crippen LogP contribution in [0.15, 0.2) is 94.1 Å². The molecule has 0 bridgehead atoms. The van der Waals surface area contributed by atoms with E-state index in [9.17, 15) is 4.79 Å². The predicted molar refractivity (Wildman–Crippen MR) is 114 cm³/mol. The third-order valence-electron chi connectivity index (χ3n) is 4.78. The van der Waals surface area contributed by atoms with Crippen molar-refractivity contribution >= 4 is 33.5 Å². The summed E-state index contributed by atoms with van der Waals surface area (Å²) in [6, 6.07) is 27.0. The van der Waals surface area contributed by atoms with Gasteiger partial charge in [0.1, 0.15) is 5.58 Å². The number of aromatic nitrogens is 1. The lowest BCUT2D eigenvalue weighted by molar-refractivity contribution is 0.568. The van der Waals surface area contributed by atoms with Gasteiger partial charge in [-0.2, -0.15) is 0 Å². The average Bonchev–Trinajstić information content (AvgIpc) is 2.75. The zero-order chi connectivity index (χ0) is 19.1. The highest BCUT2D eigenvalue weighted by molar-refractivity contribution is 6.31. The number of pyridine rings is 1. The summed E-state index contributed by atoms with van der Waals surface area (Å²) in [7, 11) is 0. The summed E-state index contributed by atoms with van der Waals surface area (Å²) in [6.07, 6.45) is 0. The van der Waals surface area contributed by atoms with Gasteiger partial charge in [-0.1, -0.05) is 72.3 Å². The molecule has 134 valence electrons. The zero-order valence-corrected chi connectivity index (χ0v) is 15.5. The Balaban J connectivity index is 1.98. The van der Waals surface area contributed by atoms with Crippen molar-refractivity contribution in [3.05, 3.63) is 100 Å². The first kappa shape index (κ1) is 16.7. The Kier molecular flexibility index (Phi) is 3.96. The van der Waals surface area contributed by atoms with Crippen molar-refractivity contribution in [1.82, 2.24) is 4.98 Å². The van der Waals surface area contributed by atoms with Crippen molar-refractivity contribution < 1.29 is 4.42 Å². The minimum absolute atomic E-state index is 0.301. The van der Waals surface area contributed by atoms with Gasteiger partial charge in [-0.15, -0.1) is 0 Å². The summed E-state index contributed by atoms with van der Waals surface area (Å²) in [5.41, 5.74) is 3.92. The molecule has 0 radical (unpaired) electrons. The molecule has 4 heteroatoms. The van der Waals surface area contributed by atoms with Crippen LogP contribution in [0.25, 0.3) is 44.3 Å². The van der Waals surface area contributed by atoms with Crippen molar-refractivity contribution in [3.63, 3.8) is 0 Å². The maximum Gasteiger partial charge on any atom is 0.363 e. The Morgan fingerprint density at radius 3 is 2.18 bits per heavy atom. The molecule has 0 saturated carbocycles. The van der Waals surface area contributed by atoms with Crippen LogP contribution in [-0.2, 0) is 0 Å². The molecule has 0 aliphatic rings. The number of halogens is 1. The maximum atomic E-state index is 12.8. The summed E-state index contributed by atoms with van der Waals surface area (Å²) in [5, 5.41) is 2.10. The molecule has 5 aromatic rings. The van der Waals surface area contributed by atoms with Crippen LogP contribution in [0.1, 0.15) is 0 Å². The van der Waals surface area contributed by atoms with E-state index in [0.717, 1.165) is 33.2 Å². The van der Waals surface area contributed by atoms with Crippen molar-refractivity contribution in [3.8, 4) is 22.4 Å². The van der Waals surface area contributed by atoms with Crippen LogP contribution in [0.3, 0.4) is 0 Å². The molecule has 0 N–H and O–H groups in total. The lowest BCUT2D eigenvalue weighted by Crippen LogP contribution is -2.04.